The molecular formula is C11H19NO3S. The Morgan fingerprint density at radius 2 is 2.25 bits per heavy atom. The molecule has 4 nitrogen and oxygen atoms in total. The fourth-order valence-corrected chi connectivity index (χ4v) is 2.98. The van der Waals surface area contributed by atoms with Gasteiger partial charge in [0.05, 0.1) is 18.6 Å². The van der Waals surface area contributed by atoms with Gasteiger partial charge in [-0.1, -0.05) is 24.4 Å². The molecule has 1 saturated carbocycles. The molecule has 1 unspecified atom stereocenters. The van der Waals surface area contributed by atoms with Crippen LogP contribution in [-0.2, 0) is 9.53 Å². The first kappa shape index (κ1) is 13.4. The number of rotatable bonds is 3. The number of methoxy groups -OCH3 is 1. The summed E-state index contributed by atoms with van der Waals surface area (Å²) < 4.78 is 4.60. The summed E-state index contributed by atoms with van der Waals surface area (Å²) in [6, 6.07) is 0. The number of hydrogen-bond acceptors (Lipinski definition) is 5. The van der Waals surface area contributed by atoms with E-state index in [1.54, 1.807) is 0 Å². The molecule has 0 heterocycles. The van der Waals surface area contributed by atoms with Crippen LogP contribution in [0, 0.1) is 0 Å². The van der Waals surface area contributed by atoms with Crippen LogP contribution in [0.3, 0.4) is 0 Å². The summed E-state index contributed by atoms with van der Waals surface area (Å²) in [5.41, 5.74) is 0.827. The molecule has 1 fully saturated rings. The quantitative estimate of drug-likeness (QED) is 0.471. The van der Waals surface area contributed by atoms with Crippen molar-refractivity contribution in [3.63, 3.8) is 0 Å². The van der Waals surface area contributed by atoms with Crippen LogP contribution in [-0.4, -0.2) is 35.0 Å². The van der Waals surface area contributed by atoms with Gasteiger partial charge in [0.15, 0.2) is 0 Å². The zero-order valence-electron chi connectivity index (χ0n) is 9.65. The van der Waals surface area contributed by atoms with Gasteiger partial charge in [0.2, 0.25) is 0 Å². The van der Waals surface area contributed by atoms with E-state index in [-0.39, 0.29) is 11.2 Å². The second-order valence-electron chi connectivity index (χ2n) is 3.92. The van der Waals surface area contributed by atoms with Gasteiger partial charge in [-0.05, 0) is 19.3 Å². The third-order valence-electron chi connectivity index (χ3n) is 2.78. The van der Waals surface area contributed by atoms with Crippen LogP contribution in [0.5, 0.6) is 0 Å². The number of nitrogens with zero attached hydrogens (tertiary/aromatic N) is 1. The van der Waals surface area contributed by atoms with E-state index < -0.39 is 0 Å². The maximum absolute atomic E-state index is 11.1. The number of carbonyl (C=O) groups is 1. The summed E-state index contributed by atoms with van der Waals surface area (Å²) in [4.78, 5) is 11.1. The summed E-state index contributed by atoms with van der Waals surface area (Å²) in [5.74, 6) is 0.115. The van der Waals surface area contributed by atoms with Gasteiger partial charge in [-0.3, -0.25) is 4.79 Å². The van der Waals surface area contributed by atoms with Crippen LogP contribution in [0.4, 0.5) is 0 Å². The van der Waals surface area contributed by atoms with Crippen LogP contribution in [0.1, 0.15) is 38.5 Å². The van der Waals surface area contributed by atoms with Gasteiger partial charge in [0.25, 0.3) is 0 Å². The largest absolute Gasteiger partial charge is 0.468 e. The van der Waals surface area contributed by atoms with Crippen LogP contribution in [0.25, 0.3) is 0 Å². The van der Waals surface area contributed by atoms with Crippen LogP contribution in [0.2, 0.25) is 0 Å². The Hall–Kier alpha value is -0.710. The Kier molecular flexibility index (Phi) is 6.30. The highest BCUT2D eigenvalue weighted by molar-refractivity contribution is 8.01. The molecule has 16 heavy (non-hydrogen) atoms. The molecule has 1 rings (SSSR count). The predicted molar refractivity (Wildman–Crippen MR) is 65.2 cm³/mol. The van der Waals surface area contributed by atoms with E-state index in [1.807, 2.05) is 0 Å². The van der Waals surface area contributed by atoms with Gasteiger partial charge in [0, 0.05) is 5.25 Å². The average Bonchev–Trinajstić information content (AvgIpc) is 2.27. The highest BCUT2D eigenvalue weighted by atomic mass is 32.2. The zero-order valence-corrected chi connectivity index (χ0v) is 10.5. The van der Waals surface area contributed by atoms with Crippen molar-refractivity contribution in [1.29, 1.82) is 0 Å². The van der Waals surface area contributed by atoms with E-state index in [0.717, 1.165) is 31.4 Å². The predicted octanol–water partition coefficient (Wildman–Crippen LogP) is 2.45. The van der Waals surface area contributed by atoms with Crippen LogP contribution < -0.4 is 0 Å². The molecule has 5 heteroatoms. The fraction of sp³-hybridized carbons (Fsp3) is 0.818. The maximum Gasteiger partial charge on any atom is 0.315 e. The Labute approximate surface area is 100 Å². The van der Waals surface area contributed by atoms with Crippen molar-refractivity contribution in [1.82, 2.24) is 0 Å². The number of thioether (sulfide) groups is 1. The standard InChI is InChI=1S/C11H19NO3S/c1-15-11(13)8-16-10-7-5-3-2-4-6-9(10)12-14/h10,14H,2-8H2,1H3/b12-9-. The third kappa shape index (κ3) is 4.43. The van der Waals surface area contributed by atoms with E-state index in [0.29, 0.717) is 5.75 Å². The summed E-state index contributed by atoms with van der Waals surface area (Å²) in [5, 5.41) is 12.5. The van der Waals surface area contributed by atoms with Crippen molar-refractivity contribution in [2.24, 2.45) is 5.16 Å². The Morgan fingerprint density at radius 3 is 2.94 bits per heavy atom. The summed E-state index contributed by atoms with van der Waals surface area (Å²) in [6.07, 6.45) is 6.48. The minimum absolute atomic E-state index is 0.171. The number of carbonyl (C=O) groups excluding carboxylic acids is 1. The number of hydrogen-bond donors (Lipinski definition) is 1. The first-order valence-electron chi connectivity index (χ1n) is 5.67. The van der Waals surface area contributed by atoms with E-state index in [4.69, 9.17) is 5.21 Å². The van der Waals surface area contributed by atoms with Crippen molar-refractivity contribution >= 4 is 23.4 Å². The molecule has 1 aliphatic rings. The van der Waals surface area contributed by atoms with E-state index in [9.17, 15) is 4.79 Å². The molecule has 0 aromatic carbocycles. The van der Waals surface area contributed by atoms with Gasteiger partial charge in [0.1, 0.15) is 0 Å². The minimum atomic E-state index is -0.218. The first-order valence-corrected chi connectivity index (χ1v) is 6.72. The highest BCUT2D eigenvalue weighted by Crippen LogP contribution is 2.25. The fourth-order valence-electron chi connectivity index (χ4n) is 1.84. The lowest BCUT2D eigenvalue weighted by Crippen LogP contribution is -2.21. The minimum Gasteiger partial charge on any atom is -0.468 e. The highest BCUT2D eigenvalue weighted by Gasteiger charge is 2.20. The molecule has 1 atom stereocenters. The molecule has 0 spiro atoms. The summed E-state index contributed by atoms with van der Waals surface area (Å²) in [7, 11) is 1.39. The number of esters is 1. The van der Waals surface area contributed by atoms with E-state index in [1.165, 1.54) is 31.7 Å². The molecule has 0 saturated heterocycles. The van der Waals surface area contributed by atoms with Crippen LogP contribution in [0.15, 0.2) is 5.16 Å². The van der Waals surface area contributed by atoms with Crippen molar-refractivity contribution < 1.29 is 14.7 Å². The Balaban J connectivity index is 2.47. The normalized spacial score (nSPS) is 24.8. The first-order chi connectivity index (χ1) is 7.77. The van der Waals surface area contributed by atoms with Crippen molar-refractivity contribution in [3.05, 3.63) is 0 Å². The van der Waals surface area contributed by atoms with Gasteiger partial charge in [-0.2, -0.15) is 0 Å². The molecule has 0 radical (unpaired) electrons. The maximum atomic E-state index is 11.1. The molecule has 0 bridgehead atoms. The van der Waals surface area contributed by atoms with Crippen molar-refractivity contribution in [2.45, 2.75) is 43.8 Å². The van der Waals surface area contributed by atoms with Gasteiger partial charge < -0.3 is 9.94 Å². The Morgan fingerprint density at radius 1 is 1.50 bits per heavy atom. The van der Waals surface area contributed by atoms with Crippen LogP contribution >= 0.6 is 11.8 Å². The lowest BCUT2D eigenvalue weighted by atomic mass is 9.99. The monoisotopic (exact) mass is 245 g/mol. The molecule has 0 aromatic heterocycles. The Bertz CT molecular complexity index is 256. The van der Waals surface area contributed by atoms with Crippen molar-refractivity contribution in [2.75, 3.05) is 12.9 Å². The second kappa shape index (κ2) is 7.54. The molecule has 92 valence electrons. The van der Waals surface area contributed by atoms with Gasteiger partial charge in [-0.15, -0.1) is 11.8 Å². The molecular weight excluding hydrogens is 226 g/mol. The lowest BCUT2D eigenvalue weighted by molar-refractivity contribution is -0.137. The smallest absolute Gasteiger partial charge is 0.315 e. The SMILES string of the molecule is COC(=O)CSC1CCCCCC/C1=N/O. The van der Waals surface area contributed by atoms with Crippen molar-refractivity contribution in [3.8, 4) is 0 Å². The molecule has 0 aliphatic heterocycles. The second-order valence-corrected chi connectivity index (χ2v) is 5.11. The number of ether oxygens (including phenoxy) is 1. The average molecular weight is 245 g/mol. The van der Waals surface area contributed by atoms with Gasteiger partial charge in [-0.25, -0.2) is 0 Å². The third-order valence-corrected chi connectivity index (χ3v) is 4.09. The molecule has 0 amide bonds. The van der Waals surface area contributed by atoms with E-state index in [2.05, 4.69) is 9.89 Å². The topological polar surface area (TPSA) is 58.9 Å². The summed E-state index contributed by atoms with van der Waals surface area (Å²) >= 11 is 1.52. The molecule has 1 N–H and O–H groups in total. The molecule has 1 aliphatic carbocycles. The zero-order chi connectivity index (χ0) is 11.8. The lowest BCUT2D eigenvalue weighted by Gasteiger charge is -2.19. The summed E-state index contributed by atoms with van der Waals surface area (Å²) in [6.45, 7) is 0. The molecule has 0 aromatic rings. The van der Waals surface area contributed by atoms with Gasteiger partial charge >= 0.3 is 5.97 Å². The van der Waals surface area contributed by atoms with E-state index >= 15 is 0 Å². The number of oxime groups is 1.